The highest BCUT2D eigenvalue weighted by Crippen LogP contribution is 2.54. The molecule has 1 aromatic rings. The molecular weight excluding hydrogens is 214 g/mol. The van der Waals surface area contributed by atoms with Crippen LogP contribution >= 0.6 is 0 Å². The molecule has 0 fully saturated rings. The lowest BCUT2D eigenvalue weighted by molar-refractivity contribution is -0.384. The largest absolute Gasteiger partial charge is 0.269 e. The Morgan fingerprint density at radius 3 is 2.41 bits per heavy atom. The summed E-state index contributed by atoms with van der Waals surface area (Å²) in [4.78, 5) is 10.5. The molecule has 3 rings (SSSR count). The number of nitrogens with zero attached hydrogens (tertiary/aromatic N) is 1. The van der Waals surface area contributed by atoms with E-state index < -0.39 is 0 Å². The maximum atomic E-state index is 10.8. The molecule has 17 heavy (non-hydrogen) atoms. The number of fused-ring (bicyclic) bond motifs is 5. The van der Waals surface area contributed by atoms with Crippen LogP contribution in [0.1, 0.15) is 36.8 Å². The van der Waals surface area contributed by atoms with Crippen molar-refractivity contribution in [1.29, 1.82) is 0 Å². The summed E-state index contributed by atoms with van der Waals surface area (Å²) in [5, 5.41) is 10.8. The van der Waals surface area contributed by atoms with Gasteiger partial charge >= 0.3 is 0 Å². The molecule has 0 amide bonds. The van der Waals surface area contributed by atoms with Crippen LogP contribution in [-0.4, -0.2) is 4.92 Å². The maximum absolute atomic E-state index is 10.8. The highest BCUT2D eigenvalue weighted by molar-refractivity contribution is 5.62. The van der Waals surface area contributed by atoms with Crippen molar-refractivity contribution in [3.63, 3.8) is 0 Å². The molecule has 2 aliphatic rings. The lowest BCUT2D eigenvalue weighted by Gasteiger charge is -2.08. The van der Waals surface area contributed by atoms with Crippen LogP contribution in [0.5, 0.6) is 0 Å². The average molecular weight is 227 g/mol. The highest BCUT2D eigenvalue weighted by atomic mass is 16.6. The van der Waals surface area contributed by atoms with E-state index in [9.17, 15) is 10.1 Å². The Bertz CT molecular complexity index is 580. The van der Waals surface area contributed by atoms with Crippen LogP contribution in [0.25, 0.3) is 0 Å². The normalized spacial score (nSPS) is 24.0. The van der Waals surface area contributed by atoms with E-state index in [4.69, 9.17) is 0 Å². The molecule has 0 N–H and O–H groups in total. The minimum atomic E-state index is -0.321. The van der Waals surface area contributed by atoms with Crippen LogP contribution < -0.4 is 0 Å². The first-order valence-corrected chi connectivity index (χ1v) is 5.73. The molecule has 2 unspecified atom stereocenters. The number of rotatable bonds is 1. The van der Waals surface area contributed by atoms with Crippen molar-refractivity contribution in [1.82, 2.24) is 0 Å². The Hall–Kier alpha value is -1.90. The summed E-state index contributed by atoms with van der Waals surface area (Å²) in [7, 11) is 0. The third kappa shape index (κ3) is 1.28. The van der Waals surface area contributed by atoms with Gasteiger partial charge in [0.25, 0.3) is 5.69 Å². The second-order valence-corrected chi connectivity index (χ2v) is 4.87. The van der Waals surface area contributed by atoms with Gasteiger partial charge in [0.1, 0.15) is 0 Å². The van der Waals surface area contributed by atoms with Crippen LogP contribution in [0.15, 0.2) is 41.5 Å². The van der Waals surface area contributed by atoms with Gasteiger partial charge in [0.05, 0.1) is 4.92 Å². The van der Waals surface area contributed by atoms with Crippen molar-refractivity contribution in [2.24, 2.45) is 0 Å². The Morgan fingerprint density at radius 2 is 1.82 bits per heavy atom. The molecule has 0 spiro atoms. The van der Waals surface area contributed by atoms with Gasteiger partial charge in [-0.15, -0.1) is 0 Å². The van der Waals surface area contributed by atoms with Gasteiger partial charge in [-0.25, -0.2) is 0 Å². The second-order valence-electron chi connectivity index (χ2n) is 4.87. The van der Waals surface area contributed by atoms with Crippen LogP contribution in [0.4, 0.5) is 5.69 Å². The maximum Gasteiger partial charge on any atom is 0.269 e. The van der Waals surface area contributed by atoms with Crippen LogP contribution in [0.3, 0.4) is 0 Å². The molecule has 0 radical (unpaired) electrons. The van der Waals surface area contributed by atoms with E-state index in [1.807, 2.05) is 6.07 Å². The zero-order chi connectivity index (χ0) is 12.2. The lowest BCUT2D eigenvalue weighted by Crippen LogP contribution is -1.95. The van der Waals surface area contributed by atoms with Gasteiger partial charge in [0.2, 0.25) is 0 Å². The SMILES string of the molecule is CC(C)=C1C2C=CC1c1cc([N+](=O)[O-])ccc12. The van der Waals surface area contributed by atoms with E-state index in [0.717, 1.165) is 5.56 Å². The smallest absolute Gasteiger partial charge is 0.258 e. The molecule has 2 atom stereocenters. The fraction of sp³-hybridized carbons (Fsp3) is 0.286. The minimum Gasteiger partial charge on any atom is -0.258 e. The average Bonchev–Trinajstić information content (AvgIpc) is 2.84. The predicted molar refractivity (Wildman–Crippen MR) is 66.1 cm³/mol. The molecule has 0 heterocycles. The number of hydrogen-bond donors (Lipinski definition) is 0. The summed E-state index contributed by atoms with van der Waals surface area (Å²) in [5.74, 6) is 0.612. The van der Waals surface area contributed by atoms with Gasteiger partial charge in [0, 0.05) is 24.0 Å². The van der Waals surface area contributed by atoms with Gasteiger partial charge in [0.15, 0.2) is 0 Å². The van der Waals surface area contributed by atoms with Gasteiger partial charge < -0.3 is 0 Å². The number of hydrogen-bond acceptors (Lipinski definition) is 2. The van der Waals surface area contributed by atoms with Gasteiger partial charge in [-0.1, -0.05) is 23.8 Å². The van der Waals surface area contributed by atoms with Crippen molar-refractivity contribution < 1.29 is 4.92 Å². The van der Waals surface area contributed by atoms with E-state index in [0.29, 0.717) is 5.92 Å². The van der Waals surface area contributed by atoms with E-state index in [1.54, 1.807) is 12.1 Å². The Labute approximate surface area is 99.6 Å². The summed E-state index contributed by atoms with van der Waals surface area (Å²) in [5.41, 5.74) is 5.27. The first-order valence-electron chi connectivity index (χ1n) is 5.73. The van der Waals surface area contributed by atoms with Crippen molar-refractivity contribution in [2.75, 3.05) is 0 Å². The molecule has 2 bridgehead atoms. The Morgan fingerprint density at radius 1 is 1.18 bits per heavy atom. The second kappa shape index (κ2) is 3.29. The molecule has 0 saturated heterocycles. The summed E-state index contributed by atoms with van der Waals surface area (Å²) >= 11 is 0. The molecule has 0 aromatic heterocycles. The van der Waals surface area contributed by atoms with E-state index in [-0.39, 0.29) is 16.5 Å². The van der Waals surface area contributed by atoms with Crippen LogP contribution in [0, 0.1) is 10.1 Å². The quantitative estimate of drug-likeness (QED) is 0.417. The Balaban J connectivity index is 2.18. The molecule has 1 aromatic carbocycles. The summed E-state index contributed by atoms with van der Waals surface area (Å²) in [6, 6.07) is 5.24. The number of non-ortho nitro benzene ring substituents is 1. The fourth-order valence-corrected chi connectivity index (χ4v) is 3.02. The van der Waals surface area contributed by atoms with Gasteiger partial charge in [-0.2, -0.15) is 0 Å². The topological polar surface area (TPSA) is 43.1 Å². The number of benzene rings is 1. The monoisotopic (exact) mass is 227 g/mol. The van der Waals surface area contributed by atoms with Crippen molar-refractivity contribution in [3.05, 3.63) is 62.7 Å². The highest BCUT2D eigenvalue weighted by Gasteiger charge is 2.38. The van der Waals surface area contributed by atoms with E-state index in [2.05, 4.69) is 26.0 Å². The van der Waals surface area contributed by atoms with Crippen molar-refractivity contribution >= 4 is 5.69 Å². The van der Waals surface area contributed by atoms with Gasteiger partial charge in [-0.05, 0) is 30.5 Å². The predicted octanol–water partition coefficient (Wildman–Crippen LogP) is 3.68. The third-order valence-electron chi connectivity index (χ3n) is 3.69. The molecule has 0 aliphatic heterocycles. The number of nitro benzene ring substituents is 1. The van der Waals surface area contributed by atoms with Gasteiger partial charge in [-0.3, -0.25) is 10.1 Å². The van der Waals surface area contributed by atoms with Crippen molar-refractivity contribution in [2.45, 2.75) is 25.7 Å². The van der Waals surface area contributed by atoms with E-state index >= 15 is 0 Å². The summed E-state index contributed by atoms with van der Waals surface area (Å²) < 4.78 is 0. The number of nitro groups is 1. The van der Waals surface area contributed by atoms with Crippen LogP contribution in [-0.2, 0) is 0 Å². The first-order chi connectivity index (χ1) is 8.09. The standard InChI is InChI=1S/C14H13NO2/c1-8(2)14-11-5-6-12(14)13-7-9(15(16)17)3-4-10(11)13/h3-7,11-12H,1-2H3. The summed E-state index contributed by atoms with van der Waals surface area (Å²) in [6.07, 6.45) is 4.38. The Kier molecular flexibility index (Phi) is 1.99. The van der Waals surface area contributed by atoms with Crippen LogP contribution in [0.2, 0.25) is 0 Å². The molecule has 3 nitrogen and oxygen atoms in total. The summed E-state index contributed by atoms with van der Waals surface area (Å²) in [6.45, 7) is 4.23. The lowest BCUT2D eigenvalue weighted by atomic mass is 9.96. The molecule has 2 aliphatic carbocycles. The fourth-order valence-electron chi connectivity index (χ4n) is 3.02. The van der Waals surface area contributed by atoms with Crippen molar-refractivity contribution in [3.8, 4) is 0 Å². The molecule has 0 saturated carbocycles. The molecule has 86 valence electrons. The molecule has 3 heteroatoms. The first kappa shape index (κ1) is 10.3. The zero-order valence-electron chi connectivity index (χ0n) is 9.81. The third-order valence-corrected chi connectivity index (χ3v) is 3.69. The minimum absolute atomic E-state index is 0.192. The number of allylic oxidation sites excluding steroid dienone is 4. The van der Waals surface area contributed by atoms with E-state index in [1.165, 1.54) is 16.7 Å². The molecular formula is C14H13NO2. The zero-order valence-corrected chi connectivity index (χ0v) is 9.81.